The van der Waals surface area contributed by atoms with Crippen molar-refractivity contribution >= 4 is 0 Å². The molecular weight excluding hydrogens is 334 g/mol. The van der Waals surface area contributed by atoms with E-state index in [9.17, 15) is 20.5 Å². The summed E-state index contributed by atoms with van der Waals surface area (Å²) >= 11 is 0. The van der Waals surface area contributed by atoms with Crippen molar-refractivity contribution in [3.63, 3.8) is 0 Å². The number of likely N-dealkylation sites (tertiary alicyclic amines) is 1. The molecule has 3 N–H and O–H groups in total. The van der Waals surface area contributed by atoms with Crippen molar-refractivity contribution in [3.8, 4) is 11.5 Å². The number of aliphatic hydroxyl groups is 2. The summed E-state index contributed by atoms with van der Waals surface area (Å²) in [7, 11) is 0. The van der Waals surface area contributed by atoms with E-state index in [2.05, 4.69) is 0 Å². The summed E-state index contributed by atoms with van der Waals surface area (Å²) in [5.74, 6) is 0.970. The first kappa shape index (κ1) is 15.7. The monoisotopic (exact) mass is 359 g/mol. The van der Waals surface area contributed by atoms with Crippen molar-refractivity contribution in [1.29, 1.82) is 0 Å². The number of ether oxygens (including phenoxy) is 1. The molecule has 2 bridgehead atoms. The first-order valence-corrected chi connectivity index (χ1v) is 9.89. The molecule has 2 aliphatic heterocycles. The number of hydrogen-bond donors (Lipinski definition) is 3. The second-order valence-corrected chi connectivity index (χ2v) is 9.26. The third-order valence-electron chi connectivity index (χ3n) is 8.02. The van der Waals surface area contributed by atoms with Gasteiger partial charge in [0.2, 0.25) is 0 Å². The minimum Gasteiger partial charge on any atom is -0.632 e. The molecule has 0 aromatic heterocycles. The molecule has 26 heavy (non-hydrogen) atoms. The zero-order valence-electron chi connectivity index (χ0n) is 14.7. The predicted molar refractivity (Wildman–Crippen MR) is 92.6 cm³/mol. The van der Waals surface area contributed by atoms with Crippen molar-refractivity contribution in [2.24, 2.45) is 5.92 Å². The fourth-order valence-electron chi connectivity index (χ4n) is 6.73. The normalized spacial score (nSPS) is 48.0. The van der Waals surface area contributed by atoms with Crippen LogP contribution in [0, 0.1) is 11.1 Å². The van der Waals surface area contributed by atoms with Crippen molar-refractivity contribution in [2.45, 2.75) is 67.8 Å². The first-order valence-electron chi connectivity index (χ1n) is 9.89. The second-order valence-electron chi connectivity index (χ2n) is 9.26. The minimum atomic E-state index is -1.18. The van der Waals surface area contributed by atoms with E-state index in [1.165, 1.54) is 0 Å². The van der Waals surface area contributed by atoms with Gasteiger partial charge in [0.05, 0.1) is 24.6 Å². The number of piperidine rings is 1. The Kier molecular flexibility index (Phi) is 2.75. The summed E-state index contributed by atoms with van der Waals surface area (Å²) in [5.41, 5.74) is -0.0968. The number of hydrogen-bond acceptors (Lipinski definition) is 5. The van der Waals surface area contributed by atoms with E-state index in [1.807, 2.05) is 6.07 Å². The van der Waals surface area contributed by atoms with Crippen LogP contribution in [0.5, 0.6) is 11.5 Å². The van der Waals surface area contributed by atoms with Gasteiger partial charge in [-0.2, -0.15) is 0 Å². The molecule has 6 nitrogen and oxygen atoms in total. The van der Waals surface area contributed by atoms with Gasteiger partial charge in [0.1, 0.15) is 17.7 Å². The van der Waals surface area contributed by atoms with Crippen LogP contribution in [0.3, 0.4) is 0 Å². The maximum absolute atomic E-state index is 13.9. The van der Waals surface area contributed by atoms with Crippen LogP contribution in [0.2, 0.25) is 0 Å². The van der Waals surface area contributed by atoms with Crippen LogP contribution >= 0.6 is 0 Å². The Labute approximate surface area is 152 Å². The van der Waals surface area contributed by atoms with E-state index in [4.69, 9.17) is 4.74 Å². The molecule has 6 rings (SSSR count). The van der Waals surface area contributed by atoms with Gasteiger partial charge in [-0.25, -0.2) is 0 Å². The predicted octanol–water partition coefficient (Wildman–Crippen LogP) is 1.33. The molecule has 2 unspecified atom stereocenters. The van der Waals surface area contributed by atoms with E-state index >= 15 is 0 Å². The maximum Gasteiger partial charge on any atom is 0.165 e. The number of hydroxylamine groups is 3. The Hall–Kier alpha value is -1.34. The van der Waals surface area contributed by atoms with Gasteiger partial charge in [0, 0.05) is 24.3 Å². The van der Waals surface area contributed by atoms with Gasteiger partial charge in [-0.1, -0.05) is 6.07 Å². The Bertz CT molecular complexity index is 810. The Morgan fingerprint density at radius 3 is 2.81 bits per heavy atom. The molecule has 1 saturated heterocycles. The Morgan fingerprint density at radius 1 is 1.23 bits per heavy atom. The standard InChI is InChI=1S/C20H25NO5/c22-13-4-3-12-9-15-20(24)6-5-14(23)18-19(20,16(12)17(13)26-18)7-8-21(15,25)10-11-1-2-11/h3-4,11,14-15,18,22-24H,1-2,5-10H2/t14-,15?,18?,19-,20+,21-/m1/s1. The number of aromatic hydroxyl groups is 1. The summed E-state index contributed by atoms with van der Waals surface area (Å²) in [6.45, 7) is 1.04. The highest BCUT2D eigenvalue weighted by molar-refractivity contribution is 5.62. The van der Waals surface area contributed by atoms with Crippen LogP contribution in [0.1, 0.15) is 43.2 Å². The van der Waals surface area contributed by atoms with E-state index in [0.717, 1.165) is 24.0 Å². The van der Waals surface area contributed by atoms with Crippen LogP contribution in [0.15, 0.2) is 12.1 Å². The number of quaternary nitrogens is 1. The van der Waals surface area contributed by atoms with Gasteiger partial charge in [0.15, 0.2) is 11.5 Å². The molecule has 140 valence electrons. The number of benzene rings is 1. The molecule has 3 aliphatic carbocycles. The third kappa shape index (κ3) is 1.59. The lowest BCUT2D eigenvalue weighted by Gasteiger charge is -2.67. The molecular formula is C20H25NO5. The highest BCUT2D eigenvalue weighted by atomic mass is 16.6. The summed E-state index contributed by atoms with van der Waals surface area (Å²) in [6.07, 6.45) is 2.83. The van der Waals surface area contributed by atoms with E-state index in [1.54, 1.807) is 6.07 Å². The largest absolute Gasteiger partial charge is 0.632 e. The van der Waals surface area contributed by atoms with Crippen molar-refractivity contribution in [3.05, 3.63) is 28.5 Å². The molecule has 0 radical (unpaired) electrons. The summed E-state index contributed by atoms with van der Waals surface area (Å²) in [4.78, 5) is 0. The zero-order valence-corrected chi connectivity index (χ0v) is 14.7. The number of nitrogens with zero attached hydrogens (tertiary/aromatic N) is 1. The summed E-state index contributed by atoms with van der Waals surface area (Å²) in [5, 5.41) is 46.9. The van der Waals surface area contributed by atoms with E-state index < -0.39 is 29.3 Å². The third-order valence-corrected chi connectivity index (χ3v) is 8.02. The van der Waals surface area contributed by atoms with Crippen LogP contribution in [-0.4, -0.2) is 56.9 Å². The lowest BCUT2D eigenvalue weighted by molar-refractivity contribution is -0.924. The molecule has 1 aromatic carbocycles. The van der Waals surface area contributed by atoms with Crippen molar-refractivity contribution in [2.75, 3.05) is 13.1 Å². The Morgan fingerprint density at radius 2 is 2.04 bits per heavy atom. The molecule has 1 spiro atoms. The average Bonchev–Trinajstić information content (AvgIpc) is 3.32. The zero-order chi connectivity index (χ0) is 17.9. The van der Waals surface area contributed by atoms with Gasteiger partial charge in [-0.3, -0.25) is 0 Å². The fourth-order valence-corrected chi connectivity index (χ4v) is 6.73. The number of aliphatic hydroxyl groups excluding tert-OH is 1. The fraction of sp³-hybridized carbons (Fsp3) is 0.700. The lowest BCUT2D eigenvalue weighted by atomic mass is 9.48. The van der Waals surface area contributed by atoms with Crippen molar-refractivity contribution in [1.82, 2.24) is 0 Å². The number of phenols is 1. The summed E-state index contributed by atoms with van der Waals surface area (Å²) in [6, 6.07) is 3.08. The molecule has 2 saturated carbocycles. The van der Waals surface area contributed by atoms with Gasteiger partial charge >= 0.3 is 0 Å². The number of phenolic OH excluding ortho intramolecular Hbond substituents is 1. The topological polar surface area (TPSA) is 93.0 Å². The van der Waals surface area contributed by atoms with Gasteiger partial charge in [-0.15, -0.1) is 0 Å². The van der Waals surface area contributed by atoms with Crippen LogP contribution < -0.4 is 4.74 Å². The quantitative estimate of drug-likeness (QED) is 0.547. The molecule has 1 aromatic rings. The van der Waals surface area contributed by atoms with Gasteiger partial charge in [-0.05, 0) is 37.3 Å². The molecule has 6 heteroatoms. The molecule has 5 aliphatic rings. The Balaban J connectivity index is 1.59. The van der Waals surface area contributed by atoms with E-state index in [0.29, 0.717) is 50.4 Å². The van der Waals surface area contributed by atoms with Crippen LogP contribution in [0.25, 0.3) is 0 Å². The average molecular weight is 359 g/mol. The smallest absolute Gasteiger partial charge is 0.165 e. The molecule has 6 atom stereocenters. The van der Waals surface area contributed by atoms with Gasteiger partial charge < -0.3 is 29.9 Å². The molecule has 2 heterocycles. The summed E-state index contributed by atoms with van der Waals surface area (Å²) < 4.78 is 5.76. The minimum absolute atomic E-state index is 0.0620. The lowest BCUT2D eigenvalue weighted by Crippen LogP contribution is -2.80. The van der Waals surface area contributed by atoms with E-state index in [-0.39, 0.29) is 10.4 Å². The number of rotatable bonds is 2. The first-order chi connectivity index (χ1) is 12.4. The van der Waals surface area contributed by atoms with Gasteiger partial charge in [0.25, 0.3) is 0 Å². The van der Waals surface area contributed by atoms with Crippen LogP contribution in [-0.2, 0) is 11.8 Å². The van der Waals surface area contributed by atoms with Crippen molar-refractivity contribution < 1.29 is 24.7 Å². The maximum atomic E-state index is 13.9. The highest BCUT2D eigenvalue weighted by Crippen LogP contribution is 2.66. The molecule has 0 amide bonds. The molecule has 3 fully saturated rings. The SMILES string of the molecule is [O-][N@@+]1(CC2CC2)CC[C@@]23c4c5ccc(O)c4OC2[C@H](O)CC[C@]3(O)C1C5. The second kappa shape index (κ2) is 4.55. The highest BCUT2D eigenvalue weighted by Gasteiger charge is 2.75. The van der Waals surface area contributed by atoms with Crippen LogP contribution in [0.4, 0.5) is 0 Å².